The van der Waals surface area contributed by atoms with E-state index in [1.54, 1.807) is 20.1 Å². The van der Waals surface area contributed by atoms with Crippen molar-refractivity contribution in [3.05, 3.63) is 41.5 Å². The van der Waals surface area contributed by atoms with Gasteiger partial charge in [0, 0.05) is 5.57 Å². The molecule has 1 aromatic rings. The van der Waals surface area contributed by atoms with Crippen molar-refractivity contribution in [2.24, 2.45) is 0 Å². The average Bonchev–Trinajstić information content (AvgIpc) is 2.47. The maximum absolute atomic E-state index is 11.2. The Morgan fingerprint density at radius 3 is 2.60 bits per heavy atom. The standard InChI is InChI=1S/C16H20O4/c1-5-6-13-7-8-14(15(11-13)18-3)20-10-9-12(2)16(17)19-4/h5-9,11H,10H2,1-4H3. The Kier molecular flexibility index (Phi) is 6.37. The lowest BCUT2D eigenvalue weighted by atomic mass is 10.2. The lowest BCUT2D eigenvalue weighted by Gasteiger charge is -2.10. The predicted octanol–water partition coefficient (Wildman–Crippen LogP) is 3.23. The van der Waals surface area contributed by atoms with Gasteiger partial charge in [0.05, 0.1) is 14.2 Å². The molecule has 0 heterocycles. The first-order valence-corrected chi connectivity index (χ1v) is 6.31. The monoisotopic (exact) mass is 276 g/mol. The molecule has 0 spiro atoms. The highest BCUT2D eigenvalue weighted by Gasteiger charge is 2.05. The quantitative estimate of drug-likeness (QED) is 0.591. The summed E-state index contributed by atoms with van der Waals surface area (Å²) in [5.41, 5.74) is 1.55. The minimum atomic E-state index is -0.357. The molecular weight excluding hydrogens is 256 g/mol. The Bertz CT molecular complexity index is 515. The average molecular weight is 276 g/mol. The number of carbonyl (C=O) groups is 1. The van der Waals surface area contributed by atoms with Gasteiger partial charge in [-0.05, 0) is 37.6 Å². The number of allylic oxidation sites excluding steroid dienone is 1. The Morgan fingerprint density at radius 1 is 1.25 bits per heavy atom. The number of rotatable bonds is 6. The minimum Gasteiger partial charge on any atom is -0.493 e. The molecule has 20 heavy (non-hydrogen) atoms. The third-order valence-corrected chi connectivity index (χ3v) is 2.68. The van der Waals surface area contributed by atoms with E-state index in [4.69, 9.17) is 9.47 Å². The van der Waals surface area contributed by atoms with E-state index in [1.807, 2.05) is 37.3 Å². The van der Waals surface area contributed by atoms with Crippen LogP contribution in [-0.4, -0.2) is 26.8 Å². The van der Waals surface area contributed by atoms with Crippen LogP contribution in [0.5, 0.6) is 11.5 Å². The molecule has 0 saturated carbocycles. The van der Waals surface area contributed by atoms with Gasteiger partial charge in [0.25, 0.3) is 0 Å². The summed E-state index contributed by atoms with van der Waals surface area (Å²) in [7, 11) is 2.95. The Morgan fingerprint density at radius 2 is 2.00 bits per heavy atom. The first-order valence-electron chi connectivity index (χ1n) is 6.31. The van der Waals surface area contributed by atoms with Crippen LogP contribution in [0, 0.1) is 0 Å². The lowest BCUT2D eigenvalue weighted by Crippen LogP contribution is -2.04. The van der Waals surface area contributed by atoms with Crippen molar-refractivity contribution in [3.63, 3.8) is 0 Å². The molecule has 0 aliphatic carbocycles. The van der Waals surface area contributed by atoms with E-state index >= 15 is 0 Å². The maximum atomic E-state index is 11.2. The van der Waals surface area contributed by atoms with Crippen molar-refractivity contribution in [2.45, 2.75) is 13.8 Å². The molecule has 0 radical (unpaired) electrons. The zero-order chi connectivity index (χ0) is 15.0. The zero-order valence-corrected chi connectivity index (χ0v) is 12.3. The maximum Gasteiger partial charge on any atom is 0.333 e. The molecule has 0 fully saturated rings. The van der Waals surface area contributed by atoms with Gasteiger partial charge in [-0.2, -0.15) is 0 Å². The summed E-state index contributed by atoms with van der Waals surface area (Å²) in [5, 5.41) is 0. The van der Waals surface area contributed by atoms with Gasteiger partial charge < -0.3 is 14.2 Å². The molecule has 4 nitrogen and oxygen atoms in total. The Hall–Kier alpha value is -2.23. The molecule has 108 valence electrons. The molecular formula is C16H20O4. The molecule has 0 bridgehead atoms. The zero-order valence-electron chi connectivity index (χ0n) is 12.3. The van der Waals surface area contributed by atoms with Crippen LogP contribution in [0.1, 0.15) is 19.4 Å². The van der Waals surface area contributed by atoms with E-state index in [2.05, 4.69) is 4.74 Å². The highest BCUT2D eigenvalue weighted by Crippen LogP contribution is 2.28. The molecule has 0 aliphatic heterocycles. The molecule has 0 N–H and O–H groups in total. The summed E-state index contributed by atoms with van der Waals surface area (Å²) < 4.78 is 15.5. The molecule has 1 rings (SSSR count). The van der Waals surface area contributed by atoms with Crippen molar-refractivity contribution in [2.75, 3.05) is 20.8 Å². The van der Waals surface area contributed by atoms with Gasteiger partial charge in [0.2, 0.25) is 0 Å². The highest BCUT2D eigenvalue weighted by atomic mass is 16.5. The largest absolute Gasteiger partial charge is 0.493 e. The van der Waals surface area contributed by atoms with Crippen LogP contribution >= 0.6 is 0 Å². The van der Waals surface area contributed by atoms with E-state index in [0.29, 0.717) is 17.1 Å². The summed E-state index contributed by atoms with van der Waals surface area (Å²) in [6.07, 6.45) is 5.61. The van der Waals surface area contributed by atoms with Crippen LogP contribution in [-0.2, 0) is 9.53 Å². The number of esters is 1. The van der Waals surface area contributed by atoms with Crippen molar-refractivity contribution >= 4 is 12.0 Å². The fourth-order valence-electron chi connectivity index (χ4n) is 1.60. The fraction of sp³-hybridized carbons (Fsp3) is 0.312. The first-order chi connectivity index (χ1) is 9.62. The van der Waals surface area contributed by atoms with Crippen molar-refractivity contribution in [1.82, 2.24) is 0 Å². The van der Waals surface area contributed by atoms with Crippen LogP contribution in [0.3, 0.4) is 0 Å². The van der Waals surface area contributed by atoms with Crippen LogP contribution < -0.4 is 9.47 Å². The lowest BCUT2D eigenvalue weighted by molar-refractivity contribution is -0.136. The fourth-order valence-corrected chi connectivity index (χ4v) is 1.60. The summed E-state index contributed by atoms with van der Waals surface area (Å²) in [6.45, 7) is 3.92. The second-order valence-corrected chi connectivity index (χ2v) is 4.10. The van der Waals surface area contributed by atoms with Crippen molar-refractivity contribution in [1.29, 1.82) is 0 Å². The number of hydrogen-bond acceptors (Lipinski definition) is 4. The molecule has 0 atom stereocenters. The number of methoxy groups -OCH3 is 2. The van der Waals surface area contributed by atoms with E-state index < -0.39 is 0 Å². The van der Waals surface area contributed by atoms with Crippen LogP contribution in [0.2, 0.25) is 0 Å². The van der Waals surface area contributed by atoms with Gasteiger partial charge in [-0.25, -0.2) is 4.79 Å². The molecule has 4 heteroatoms. The smallest absolute Gasteiger partial charge is 0.333 e. The third-order valence-electron chi connectivity index (χ3n) is 2.68. The molecule has 0 amide bonds. The number of ether oxygens (including phenoxy) is 3. The highest BCUT2D eigenvalue weighted by molar-refractivity contribution is 5.87. The van der Waals surface area contributed by atoms with Crippen LogP contribution in [0.15, 0.2) is 35.9 Å². The van der Waals surface area contributed by atoms with Crippen molar-refractivity contribution in [3.8, 4) is 11.5 Å². The molecule has 0 saturated heterocycles. The van der Waals surface area contributed by atoms with E-state index in [9.17, 15) is 4.79 Å². The summed E-state index contributed by atoms with van der Waals surface area (Å²) in [6, 6.07) is 5.68. The normalized spacial score (nSPS) is 11.5. The van der Waals surface area contributed by atoms with Crippen LogP contribution in [0.4, 0.5) is 0 Å². The SMILES string of the molecule is CC=Cc1ccc(OCC=C(C)C(=O)OC)c(OC)c1. The predicted molar refractivity (Wildman–Crippen MR) is 79.0 cm³/mol. The summed E-state index contributed by atoms with van der Waals surface area (Å²) in [5.74, 6) is 0.934. The van der Waals surface area contributed by atoms with Crippen LogP contribution in [0.25, 0.3) is 6.08 Å². The number of hydrogen-bond donors (Lipinski definition) is 0. The minimum absolute atomic E-state index is 0.278. The van der Waals surface area contributed by atoms with E-state index in [0.717, 1.165) is 5.56 Å². The second kappa shape index (κ2) is 8.04. The topological polar surface area (TPSA) is 44.8 Å². The van der Waals surface area contributed by atoms with E-state index in [-0.39, 0.29) is 12.6 Å². The Balaban J connectivity index is 2.75. The van der Waals surface area contributed by atoms with Gasteiger partial charge in [0.15, 0.2) is 11.5 Å². The van der Waals surface area contributed by atoms with Gasteiger partial charge in [-0.15, -0.1) is 0 Å². The van der Waals surface area contributed by atoms with Crippen molar-refractivity contribution < 1.29 is 19.0 Å². The van der Waals surface area contributed by atoms with Gasteiger partial charge in [0.1, 0.15) is 6.61 Å². The molecule has 0 aliphatic rings. The molecule has 0 unspecified atom stereocenters. The molecule has 1 aromatic carbocycles. The van der Waals surface area contributed by atoms with Gasteiger partial charge >= 0.3 is 5.97 Å². The van der Waals surface area contributed by atoms with Gasteiger partial charge in [-0.3, -0.25) is 0 Å². The Labute approximate surface area is 119 Å². The number of benzene rings is 1. The number of carbonyl (C=O) groups excluding carboxylic acids is 1. The summed E-state index contributed by atoms with van der Waals surface area (Å²) >= 11 is 0. The third kappa shape index (κ3) is 4.46. The first kappa shape index (κ1) is 15.8. The second-order valence-electron chi connectivity index (χ2n) is 4.10. The molecule has 0 aromatic heterocycles. The van der Waals surface area contributed by atoms with Gasteiger partial charge in [-0.1, -0.05) is 18.2 Å². The summed E-state index contributed by atoms with van der Waals surface area (Å²) in [4.78, 5) is 11.2. The van der Waals surface area contributed by atoms with E-state index in [1.165, 1.54) is 7.11 Å².